The zero-order chi connectivity index (χ0) is 11.8. The Morgan fingerprint density at radius 1 is 1.25 bits per heavy atom. The monoisotopic (exact) mass is 274 g/mol. The van der Waals surface area contributed by atoms with Crippen molar-refractivity contribution < 1.29 is 8.42 Å². The van der Waals surface area contributed by atoms with E-state index >= 15 is 0 Å². The van der Waals surface area contributed by atoms with Crippen molar-refractivity contribution in [2.45, 2.75) is 16.0 Å². The minimum Gasteiger partial charge on any atom is -0.218 e. The highest BCUT2D eigenvalue weighted by molar-refractivity contribution is 7.93. The number of hydrogen-bond donors (Lipinski definition) is 0. The molecule has 1 aromatic heterocycles. The van der Waals surface area contributed by atoms with Crippen molar-refractivity contribution in [1.29, 1.82) is 0 Å². The molecule has 0 aliphatic rings. The lowest BCUT2D eigenvalue weighted by molar-refractivity contribution is 0.597. The van der Waals surface area contributed by atoms with Gasteiger partial charge in [0.2, 0.25) is 9.84 Å². The topological polar surface area (TPSA) is 59.9 Å². The Labute approximate surface area is 102 Å². The molecule has 0 N–H and O–H groups in total. The molecule has 0 fully saturated rings. The summed E-state index contributed by atoms with van der Waals surface area (Å²) in [5.41, 5.74) is 0.417. The van der Waals surface area contributed by atoms with E-state index < -0.39 is 9.84 Å². The van der Waals surface area contributed by atoms with Crippen LogP contribution in [0.4, 0.5) is 0 Å². The summed E-state index contributed by atoms with van der Waals surface area (Å²) in [4.78, 5) is 0.200. The first kappa shape index (κ1) is 11.5. The van der Waals surface area contributed by atoms with Crippen LogP contribution in [0.25, 0.3) is 0 Å². The minimum absolute atomic E-state index is 0.176. The van der Waals surface area contributed by atoms with Crippen LogP contribution in [0.1, 0.15) is 5.69 Å². The summed E-state index contributed by atoms with van der Waals surface area (Å²) < 4.78 is 28.0. The maximum atomic E-state index is 12.1. The molecule has 0 unspecified atom stereocenters. The van der Waals surface area contributed by atoms with Gasteiger partial charge in [-0.2, -0.15) is 0 Å². The second-order valence-corrected chi connectivity index (χ2v) is 6.44. The van der Waals surface area contributed by atoms with Gasteiger partial charge >= 0.3 is 0 Å². The van der Waals surface area contributed by atoms with Gasteiger partial charge < -0.3 is 0 Å². The van der Waals surface area contributed by atoms with Gasteiger partial charge in [-0.25, -0.2) is 8.42 Å². The van der Waals surface area contributed by atoms with Crippen molar-refractivity contribution in [2.75, 3.05) is 0 Å². The van der Waals surface area contributed by atoms with E-state index in [1.54, 1.807) is 6.92 Å². The molecule has 0 aliphatic heterocycles. The number of aryl methyl sites for hydroxylation is 1. The predicted octanol–water partition coefficient (Wildman–Crippen LogP) is 2.33. The molecule has 84 valence electrons. The maximum absolute atomic E-state index is 12.1. The van der Waals surface area contributed by atoms with Gasteiger partial charge in [0, 0.05) is 16.6 Å². The summed E-state index contributed by atoms with van der Waals surface area (Å²) in [6, 6.07) is 6.02. The number of aromatic nitrogens is 2. The Kier molecular flexibility index (Phi) is 2.96. The largest absolute Gasteiger partial charge is 0.219 e. The first-order chi connectivity index (χ1) is 7.51. The second kappa shape index (κ2) is 4.12. The van der Waals surface area contributed by atoms with Crippen LogP contribution in [-0.4, -0.2) is 18.0 Å². The van der Waals surface area contributed by atoms with E-state index in [0.29, 0.717) is 10.7 Å². The van der Waals surface area contributed by atoms with Gasteiger partial charge in [0.15, 0.2) is 4.21 Å². The fourth-order valence-electron chi connectivity index (χ4n) is 1.19. The molecule has 0 radical (unpaired) electrons. The number of rotatable bonds is 2. The standard InChI is InChI=1S/C9H7ClN2O2S2/c1-6-9(15-12-11-6)16(13,14)8-4-2-7(10)3-5-8/h2-5H,1H3. The van der Waals surface area contributed by atoms with Crippen LogP contribution in [0.5, 0.6) is 0 Å². The van der Waals surface area contributed by atoms with Crippen LogP contribution in [0.15, 0.2) is 33.4 Å². The average molecular weight is 275 g/mol. The Morgan fingerprint density at radius 3 is 2.38 bits per heavy atom. The second-order valence-electron chi connectivity index (χ2n) is 3.10. The van der Waals surface area contributed by atoms with Crippen LogP contribution in [0.3, 0.4) is 0 Å². The molecule has 1 heterocycles. The zero-order valence-electron chi connectivity index (χ0n) is 8.21. The Morgan fingerprint density at radius 2 is 1.88 bits per heavy atom. The number of sulfone groups is 1. The summed E-state index contributed by atoms with van der Waals surface area (Å²) in [5.74, 6) is 0. The summed E-state index contributed by atoms with van der Waals surface area (Å²) in [5, 5.41) is 4.19. The van der Waals surface area contributed by atoms with Crippen LogP contribution in [-0.2, 0) is 9.84 Å². The third kappa shape index (κ3) is 1.95. The summed E-state index contributed by atoms with van der Waals surface area (Å²) in [6.45, 7) is 1.62. The van der Waals surface area contributed by atoms with E-state index in [9.17, 15) is 8.42 Å². The Bertz CT molecular complexity index is 605. The summed E-state index contributed by atoms with van der Waals surface area (Å²) in [6.07, 6.45) is 0. The van der Waals surface area contributed by atoms with Gasteiger partial charge in [-0.05, 0) is 31.2 Å². The van der Waals surface area contributed by atoms with Gasteiger partial charge in [-0.1, -0.05) is 16.1 Å². The first-order valence-electron chi connectivity index (χ1n) is 4.31. The van der Waals surface area contributed by atoms with Crippen LogP contribution in [0, 0.1) is 6.92 Å². The molecule has 2 rings (SSSR count). The predicted molar refractivity (Wildman–Crippen MR) is 61.5 cm³/mol. The fraction of sp³-hybridized carbons (Fsp3) is 0.111. The molecule has 16 heavy (non-hydrogen) atoms. The molecule has 0 atom stereocenters. The molecule has 0 bridgehead atoms. The van der Waals surface area contributed by atoms with Gasteiger partial charge in [0.05, 0.1) is 10.6 Å². The lowest BCUT2D eigenvalue weighted by Gasteiger charge is -2.01. The van der Waals surface area contributed by atoms with Gasteiger partial charge in [0.25, 0.3) is 0 Å². The van der Waals surface area contributed by atoms with Gasteiger partial charge in [0.1, 0.15) is 0 Å². The molecular formula is C9H7ClN2O2S2. The highest BCUT2D eigenvalue weighted by Crippen LogP contribution is 2.26. The molecule has 7 heteroatoms. The molecule has 0 saturated heterocycles. The Balaban J connectivity index is 2.56. The molecule has 1 aromatic carbocycles. The zero-order valence-corrected chi connectivity index (χ0v) is 10.6. The Hall–Kier alpha value is -0.980. The lowest BCUT2D eigenvalue weighted by atomic mass is 10.4. The third-order valence-corrected chi connectivity index (χ3v) is 5.41. The maximum Gasteiger partial charge on any atom is 0.219 e. The van der Waals surface area contributed by atoms with Crippen molar-refractivity contribution >= 4 is 33.0 Å². The highest BCUT2D eigenvalue weighted by atomic mass is 35.5. The number of hydrogen-bond acceptors (Lipinski definition) is 5. The fourth-order valence-corrected chi connectivity index (χ4v) is 3.65. The van der Waals surface area contributed by atoms with Crippen molar-refractivity contribution in [1.82, 2.24) is 9.59 Å². The van der Waals surface area contributed by atoms with Crippen molar-refractivity contribution in [3.8, 4) is 0 Å². The van der Waals surface area contributed by atoms with E-state index in [-0.39, 0.29) is 9.10 Å². The smallest absolute Gasteiger partial charge is 0.218 e. The average Bonchev–Trinajstić information content (AvgIpc) is 2.66. The van der Waals surface area contributed by atoms with Gasteiger partial charge in [-0.3, -0.25) is 0 Å². The summed E-state index contributed by atoms with van der Waals surface area (Å²) in [7, 11) is -3.51. The SMILES string of the molecule is Cc1nnsc1S(=O)(=O)c1ccc(Cl)cc1. The number of halogens is 1. The third-order valence-electron chi connectivity index (χ3n) is 1.98. The van der Waals surface area contributed by atoms with E-state index in [1.807, 2.05) is 0 Å². The van der Waals surface area contributed by atoms with E-state index in [2.05, 4.69) is 9.59 Å². The molecule has 0 aliphatic carbocycles. The van der Waals surface area contributed by atoms with Crippen LogP contribution >= 0.6 is 23.1 Å². The van der Waals surface area contributed by atoms with E-state index in [4.69, 9.17) is 11.6 Å². The first-order valence-corrected chi connectivity index (χ1v) is 6.95. The molecule has 0 amide bonds. The van der Waals surface area contributed by atoms with Crippen molar-refractivity contribution in [3.63, 3.8) is 0 Å². The molecule has 0 spiro atoms. The number of benzene rings is 1. The van der Waals surface area contributed by atoms with Gasteiger partial charge in [-0.15, -0.1) is 5.10 Å². The van der Waals surface area contributed by atoms with Crippen molar-refractivity contribution in [2.24, 2.45) is 0 Å². The van der Waals surface area contributed by atoms with E-state index in [1.165, 1.54) is 24.3 Å². The van der Waals surface area contributed by atoms with Crippen molar-refractivity contribution in [3.05, 3.63) is 35.0 Å². The summed E-state index contributed by atoms with van der Waals surface area (Å²) >= 11 is 6.57. The number of nitrogens with zero attached hydrogens (tertiary/aromatic N) is 2. The highest BCUT2D eigenvalue weighted by Gasteiger charge is 2.22. The molecular weight excluding hydrogens is 268 g/mol. The van der Waals surface area contributed by atoms with Crippen LogP contribution in [0.2, 0.25) is 5.02 Å². The molecule has 2 aromatic rings. The van der Waals surface area contributed by atoms with E-state index in [0.717, 1.165) is 11.5 Å². The quantitative estimate of drug-likeness (QED) is 0.843. The lowest BCUT2D eigenvalue weighted by Crippen LogP contribution is -2.01. The minimum atomic E-state index is -3.51. The normalized spacial score (nSPS) is 11.6. The van der Waals surface area contributed by atoms with Crippen LogP contribution < -0.4 is 0 Å². The molecule has 4 nitrogen and oxygen atoms in total. The molecule has 0 saturated carbocycles.